The zero-order chi connectivity index (χ0) is 13.3. The smallest absolute Gasteiger partial charge is 0.131 e. The van der Waals surface area contributed by atoms with Gasteiger partial charge in [-0.2, -0.15) is 24.4 Å². The third kappa shape index (κ3) is 4.59. The van der Waals surface area contributed by atoms with Gasteiger partial charge in [0.05, 0.1) is 0 Å². The van der Waals surface area contributed by atoms with Crippen molar-refractivity contribution < 1.29 is 0 Å². The van der Waals surface area contributed by atoms with Crippen LogP contribution < -0.4 is 5.32 Å². The van der Waals surface area contributed by atoms with Crippen molar-refractivity contribution in [2.75, 3.05) is 23.8 Å². The Kier molecular flexibility index (Phi) is 6.32. The third-order valence-corrected chi connectivity index (χ3v) is 4.23. The van der Waals surface area contributed by atoms with Crippen molar-refractivity contribution in [3.63, 3.8) is 0 Å². The minimum Gasteiger partial charge on any atom is -0.347 e. The SMILES string of the molecule is SCCSCCCNC(c1ncc[nH]1)c1ncc[nH]1. The molecule has 0 aliphatic heterocycles. The van der Waals surface area contributed by atoms with E-state index in [1.165, 1.54) is 0 Å². The first-order valence-corrected chi connectivity index (χ1v) is 8.11. The molecular formula is C12H19N5S2. The minimum atomic E-state index is -0.000112. The molecule has 7 heteroatoms. The lowest BCUT2D eigenvalue weighted by Gasteiger charge is -2.14. The Bertz CT molecular complexity index is 395. The van der Waals surface area contributed by atoms with E-state index < -0.39 is 0 Å². The van der Waals surface area contributed by atoms with Gasteiger partial charge in [-0.15, -0.1) is 0 Å². The molecule has 0 fully saturated rings. The van der Waals surface area contributed by atoms with E-state index in [1.807, 2.05) is 24.2 Å². The van der Waals surface area contributed by atoms with Crippen molar-refractivity contribution in [2.24, 2.45) is 0 Å². The zero-order valence-corrected chi connectivity index (χ0v) is 12.4. The fourth-order valence-electron chi connectivity index (χ4n) is 1.78. The van der Waals surface area contributed by atoms with E-state index in [-0.39, 0.29) is 6.04 Å². The highest BCUT2D eigenvalue weighted by Crippen LogP contribution is 2.14. The summed E-state index contributed by atoms with van der Waals surface area (Å²) in [6.07, 6.45) is 8.30. The van der Waals surface area contributed by atoms with Gasteiger partial charge < -0.3 is 15.3 Å². The second-order valence-electron chi connectivity index (χ2n) is 4.03. The highest BCUT2D eigenvalue weighted by Gasteiger charge is 2.17. The van der Waals surface area contributed by atoms with E-state index in [9.17, 15) is 0 Å². The number of H-pyrrole nitrogens is 2. The fourth-order valence-corrected chi connectivity index (χ4v) is 2.85. The van der Waals surface area contributed by atoms with Crippen LogP contribution in [0, 0.1) is 0 Å². The molecule has 104 valence electrons. The van der Waals surface area contributed by atoms with Gasteiger partial charge in [0.2, 0.25) is 0 Å². The van der Waals surface area contributed by atoms with Crippen LogP contribution in [-0.4, -0.2) is 43.7 Å². The average molecular weight is 297 g/mol. The minimum absolute atomic E-state index is 0.000112. The Morgan fingerprint density at radius 1 is 1.16 bits per heavy atom. The molecule has 0 saturated carbocycles. The summed E-state index contributed by atoms with van der Waals surface area (Å²) in [5, 5.41) is 3.48. The van der Waals surface area contributed by atoms with Gasteiger partial charge in [0.1, 0.15) is 17.7 Å². The summed E-state index contributed by atoms with van der Waals surface area (Å²) in [5.74, 6) is 4.98. The van der Waals surface area contributed by atoms with Gasteiger partial charge in [-0.3, -0.25) is 0 Å². The monoisotopic (exact) mass is 297 g/mol. The molecule has 19 heavy (non-hydrogen) atoms. The van der Waals surface area contributed by atoms with Crippen LogP contribution in [0.15, 0.2) is 24.8 Å². The van der Waals surface area contributed by atoms with Gasteiger partial charge in [0, 0.05) is 30.5 Å². The van der Waals surface area contributed by atoms with Crippen molar-refractivity contribution in [3.05, 3.63) is 36.4 Å². The van der Waals surface area contributed by atoms with E-state index in [4.69, 9.17) is 0 Å². The standard InChI is InChI=1S/C12H19N5S2/c18-7-9-19-8-1-2-13-10(11-14-3-4-15-11)12-16-5-6-17-12/h3-6,10,13,18H,1-2,7-9H2,(H,14,15)(H,16,17). The van der Waals surface area contributed by atoms with E-state index in [0.717, 1.165) is 41.9 Å². The first-order valence-electron chi connectivity index (χ1n) is 6.32. The van der Waals surface area contributed by atoms with Crippen LogP contribution in [0.2, 0.25) is 0 Å². The van der Waals surface area contributed by atoms with Crippen molar-refractivity contribution in [1.82, 2.24) is 25.3 Å². The molecule has 2 aromatic rings. The Labute approximate surface area is 122 Å². The second kappa shape index (κ2) is 8.29. The van der Waals surface area contributed by atoms with Gasteiger partial charge in [0.15, 0.2) is 0 Å². The predicted octanol–water partition coefficient (Wildman–Crippen LogP) is 1.86. The summed E-state index contributed by atoms with van der Waals surface area (Å²) in [4.78, 5) is 14.9. The van der Waals surface area contributed by atoms with E-state index >= 15 is 0 Å². The largest absolute Gasteiger partial charge is 0.347 e. The average Bonchev–Trinajstić information content (AvgIpc) is 3.11. The van der Waals surface area contributed by atoms with E-state index in [2.05, 4.69) is 37.9 Å². The van der Waals surface area contributed by atoms with Crippen LogP contribution in [-0.2, 0) is 0 Å². The Morgan fingerprint density at radius 2 is 1.84 bits per heavy atom. The van der Waals surface area contributed by atoms with E-state index in [1.54, 1.807) is 12.4 Å². The van der Waals surface area contributed by atoms with Crippen LogP contribution in [0.3, 0.4) is 0 Å². The third-order valence-electron chi connectivity index (χ3n) is 2.64. The highest BCUT2D eigenvalue weighted by molar-refractivity contribution is 7.99. The van der Waals surface area contributed by atoms with Gasteiger partial charge in [-0.05, 0) is 24.5 Å². The van der Waals surface area contributed by atoms with Gasteiger partial charge in [0.25, 0.3) is 0 Å². The number of aromatic nitrogens is 4. The molecule has 0 bridgehead atoms. The molecule has 2 rings (SSSR count). The highest BCUT2D eigenvalue weighted by atomic mass is 32.2. The molecule has 2 heterocycles. The fraction of sp³-hybridized carbons (Fsp3) is 0.500. The van der Waals surface area contributed by atoms with Crippen LogP contribution in [0.5, 0.6) is 0 Å². The van der Waals surface area contributed by atoms with Crippen molar-refractivity contribution in [1.29, 1.82) is 0 Å². The lowest BCUT2D eigenvalue weighted by Crippen LogP contribution is -2.26. The number of thioether (sulfide) groups is 1. The van der Waals surface area contributed by atoms with Gasteiger partial charge in [-0.25, -0.2) is 9.97 Å². The number of nitrogens with one attached hydrogen (secondary N) is 3. The van der Waals surface area contributed by atoms with E-state index in [0.29, 0.717) is 0 Å². The van der Waals surface area contributed by atoms with Crippen molar-refractivity contribution >= 4 is 24.4 Å². The van der Waals surface area contributed by atoms with Crippen LogP contribution in [0.25, 0.3) is 0 Å². The molecule has 0 aromatic carbocycles. The normalized spacial score (nSPS) is 11.3. The molecule has 0 aliphatic carbocycles. The first kappa shape index (κ1) is 14.5. The summed E-state index contributed by atoms with van der Waals surface area (Å²) < 4.78 is 0. The van der Waals surface area contributed by atoms with Crippen LogP contribution in [0.4, 0.5) is 0 Å². The molecule has 0 saturated heterocycles. The topological polar surface area (TPSA) is 69.4 Å². The summed E-state index contributed by atoms with van der Waals surface area (Å²) in [6.45, 7) is 0.936. The second-order valence-corrected chi connectivity index (χ2v) is 5.70. The molecule has 0 atom stereocenters. The molecular weight excluding hydrogens is 278 g/mol. The number of imidazole rings is 2. The number of hydrogen-bond acceptors (Lipinski definition) is 5. The maximum Gasteiger partial charge on any atom is 0.131 e. The summed E-state index contributed by atoms with van der Waals surface area (Å²) >= 11 is 6.13. The number of rotatable bonds is 9. The maximum absolute atomic E-state index is 4.31. The summed E-state index contributed by atoms with van der Waals surface area (Å²) in [6, 6.07) is -0.000112. The number of thiol groups is 1. The molecule has 0 unspecified atom stereocenters. The molecule has 0 radical (unpaired) electrons. The number of hydrogen-bond donors (Lipinski definition) is 4. The summed E-state index contributed by atoms with van der Waals surface area (Å²) in [7, 11) is 0. The number of nitrogens with zero attached hydrogens (tertiary/aromatic N) is 2. The Balaban J connectivity index is 1.82. The molecule has 2 aromatic heterocycles. The summed E-state index contributed by atoms with van der Waals surface area (Å²) in [5.41, 5.74) is 0. The first-order chi connectivity index (χ1) is 9.42. The molecule has 0 amide bonds. The van der Waals surface area contributed by atoms with Crippen molar-refractivity contribution in [2.45, 2.75) is 12.5 Å². The van der Waals surface area contributed by atoms with Crippen molar-refractivity contribution in [3.8, 4) is 0 Å². The molecule has 5 nitrogen and oxygen atoms in total. The zero-order valence-electron chi connectivity index (χ0n) is 10.7. The maximum atomic E-state index is 4.31. The van der Waals surface area contributed by atoms with Crippen LogP contribution >= 0.6 is 24.4 Å². The molecule has 0 spiro atoms. The predicted molar refractivity (Wildman–Crippen MR) is 82.8 cm³/mol. The number of aromatic amines is 2. The van der Waals surface area contributed by atoms with Gasteiger partial charge in [-0.1, -0.05) is 0 Å². The molecule has 0 aliphatic rings. The quantitative estimate of drug-likeness (QED) is 0.421. The van der Waals surface area contributed by atoms with Crippen LogP contribution in [0.1, 0.15) is 24.1 Å². The lowest BCUT2D eigenvalue weighted by atomic mass is 10.2. The molecule has 3 N–H and O–H groups in total. The van der Waals surface area contributed by atoms with Gasteiger partial charge >= 0.3 is 0 Å². The lowest BCUT2D eigenvalue weighted by molar-refractivity contribution is 0.557. The Hall–Kier alpha value is -0.920. The Morgan fingerprint density at radius 3 is 2.37 bits per heavy atom.